The van der Waals surface area contributed by atoms with Crippen molar-refractivity contribution in [2.75, 3.05) is 31.7 Å². The predicted molar refractivity (Wildman–Crippen MR) is 77.8 cm³/mol. The van der Waals surface area contributed by atoms with Crippen LogP contribution in [0.5, 0.6) is 0 Å². The Morgan fingerprint density at radius 1 is 1.50 bits per heavy atom. The van der Waals surface area contributed by atoms with Crippen LogP contribution in [0.2, 0.25) is 5.15 Å². The van der Waals surface area contributed by atoms with Crippen LogP contribution in [0.1, 0.15) is 25.0 Å². The number of halogens is 1. The Labute approximate surface area is 124 Å². The molecule has 6 heteroatoms. The number of nitriles is 1. The molecular formula is C14H19ClN4O. The van der Waals surface area contributed by atoms with Gasteiger partial charge in [0.05, 0.1) is 18.0 Å². The summed E-state index contributed by atoms with van der Waals surface area (Å²) >= 11 is 6.16. The van der Waals surface area contributed by atoms with Crippen molar-refractivity contribution in [1.82, 2.24) is 9.97 Å². The molecule has 5 nitrogen and oxygen atoms in total. The Morgan fingerprint density at radius 2 is 2.25 bits per heavy atom. The summed E-state index contributed by atoms with van der Waals surface area (Å²) in [6.45, 7) is 2.34. The second kappa shape index (κ2) is 7.41. The number of piperidine rings is 1. The lowest BCUT2D eigenvalue weighted by molar-refractivity contribution is 0.195. The Bertz CT molecular complexity index is 481. The van der Waals surface area contributed by atoms with Crippen molar-refractivity contribution >= 4 is 17.4 Å². The van der Waals surface area contributed by atoms with E-state index >= 15 is 0 Å². The van der Waals surface area contributed by atoms with Crippen LogP contribution in [0.3, 0.4) is 0 Å². The summed E-state index contributed by atoms with van der Waals surface area (Å²) in [4.78, 5) is 11.0. The van der Waals surface area contributed by atoms with Crippen molar-refractivity contribution in [3.05, 3.63) is 17.0 Å². The predicted octanol–water partition coefficient (Wildman–Crippen LogP) is 2.45. The Morgan fingerprint density at radius 3 is 2.90 bits per heavy atom. The summed E-state index contributed by atoms with van der Waals surface area (Å²) in [7, 11) is 1.69. The Kier molecular flexibility index (Phi) is 5.57. The summed E-state index contributed by atoms with van der Waals surface area (Å²) in [6, 6.07) is 2.33. The van der Waals surface area contributed by atoms with E-state index in [2.05, 4.69) is 20.9 Å². The fraction of sp³-hybridized carbons (Fsp3) is 0.643. The number of methoxy groups -OCH3 is 1. The minimum absolute atomic E-state index is 0.155. The number of hydrogen-bond acceptors (Lipinski definition) is 5. The fourth-order valence-electron chi connectivity index (χ4n) is 2.34. The number of nitrogens with zero attached hydrogens (tertiary/aromatic N) is 4. The molecule has 0 aromatic carbocycles. The monoisotopic (exact) mass is 294 g/mol. The highest BCUT2D eigenvalue weighted by Crippen LogP contribution is 2.26. The topological polar surface area (TPSA) is 62.0 Å². The standard InChI is InChI=1S/C14H19ClN4O/c1-20-8-2-3-12-10-17-13(15)14(18-12)19-6-4-11(9-16)5-7-19/h10-11H,2-8H2,1H3. The zero-order valence-electron chi connectivity index (χ0n) is 11.7. The molecule has 1 saturated heterocycles. The molecule has 2 rings (SSSR count). The van der Waals surface area contributed by atoms with Gasteiger partial charge in [-0.1, -0.05) is 11.6 Å². The molecule has 0 unspecified atom stereocenters. The summed E-state index contributed by atoms with van der Waals surface area (Å²) in [5.41, 5.74) is 0.934. The van der Waals surface area contributed by atoms with E-state index in [-0.39, 0.29) is 5.92 Å². The summed E-state index contributed by atoms with van der Waals surface area (Å²) in [5.74, 6) is 0.904. The minimum Gasteiger partial charge on any atom is -0.385 e. The molecule has 0 saturated carbocycles. The van der Waals surface area contributed by atoms with Gasteiger partial charge in [0.2, 0.25) is 0 Å². The van der Waals surface area contributed by atoms with E-state index in [1.165, 1.54) is 0 Å². The molecule has 1 aliphatic rings. The van der Waals surface area contributed by atoms with Gasteiger partial charge in [-0.15, -0.1) is 0 Å². The van der Waals surface area contributed by atoms with E-state index in [0.29, 0.717) is 11.8 Å². The highest BCUT2D eigenvalue weighted by Gasteiger charge is 2.22. The lowest BCUT2D eigenvalue weighted by atomic mass is 9.99. The first-order valence-corrected chi connectivity index (χ1v) is 7.27. The summed E-state index contributed by atoms with van der Waals surface area (Å²) in [5, 5.41) is 9.37. The van der Waals surface area contributed by atoms with E-state index in [4.69, 9.17) is 21.6 Å². The van der Waals surface area contributed by atoms with Crippen molar-refractivity contribution in [2.24, 2.45) is 5.92 Å². The molecular weight excluding hydrogens is 276 g/mol. The maximum absolute atomic E-state index is 8.93. The van der Waals surface area contributed by atoms with Gasteiger partial charge in [0.15, 0.2) is 11.0 Å². The van der Waals surface area contributed by atoms with Crippen LogP contribution in [-0.4, -0.2) is 36.8 Å². The highest BCUT2D eigenvalue weighted by atomic mass is 35.5. The van der Waals surface area contributed by atoms with Crippen LogP contribution in [0.4, 0.5) is 5.82 Å². The molecule has 108 valence electrons. The number of anilines is 1. The van der Waals surface area contributed by atoms with Crippen LogP contribution in [0, 0.1) is 17.2 Å². The smallest absolute Gasteiger partial charge is 0.171 e. The first-order valence-electron chi connectivity index (χ1n) is 6.89. The van der Waals surface area contributed by atoms with Crippen molar-refractivity contribution in [1.29, 1.82) is 5.26 Å². The maximum atomic E-state index is 8.93. The molecule has 1 fully saturated rings. The van der Waals surface area contributed by atoms with Gasteiger partial charge in [0.1, 0.15) is 0 Å². The van der Waals surface area contributed by atoms with Gasteiger partial charge in [-0.25, -0.2) is 9.97 Å². The molecule has 2 heterocycles. The third-order valence-corrected chi connectivity index (χ3v) is 3.79. The van der Waals surface area contributed by atoms with Crippen LogP contribution >= 0.6 is 11.6 Å². The lowest BCUT2D eigenvalue weighted by Gasteiger charge is -2.30. The Hall–Kier alpha value is -1.38. The zero-order valence-corrected chi connectivity index (χ0v) is 12.4. The average Bonchev–Trinajstić information content (AvgIpc) is 2.49. The van der Waals surface area contributed by atoms with Crippen molar-refractivity contribution < 1.29 is 4.74 Å². The molecule has 0 spiro atoms. The van der Waals surface area contributed by atoms with Crippen LogP contribution in [0.25, 0.3) is 0 Å². The maximum Gasteiger partial charge on any atom is 0.171 e. The molecule has 0 bridgehead atoms. The molecule has 0 aliphatic carbocycles. The molecule has 1 aromatic rings. The third kappa shape index (κ3) is 3.81. The van der Waals surface area contributed by atoms with Gasteiger partial charge in [-0.3, -0.25) is 0 Å². The van der Waals surface area contributed by atoms with E-state index < -0.39 is 0 Å². The van der Waals surface area contributed by atoms with Crippen LogP contribution in [-0.2, 0) is 11.2 Å². The third-order valence-electron chi connectivity index (χ3n) is 3.52. The average molecular weight is 295 g/mol. The molecule has 20 heavy (non-hydrogen) atoms. The van der Waals surface area contributed by atoms with Gasteiger partial charge in [0, 0.05) is 32.7 Å². The normalized spacial score (nSPS) is 16.1. The van der Waals surface area contributed by atoms with Gasteiger partial charge in [0.25, 0.3) is 0 Å². The quantitative estimate of drug-likeness (QED) is 0.781. The second-order valence-electron chi connectivity index (χ2n) is 4.96. The van der Waals surface area contributed by atoms with Crippen molar-refractivity contribution in [3.8, 4) is 6.07 Å². The van der Waals surface area contributed by atoms with E-state index in [1.807, 2.05) is 0 Å². The van der Waals surface area contributed by atoms with Gasteiger partial charge in [-0.05, 0) is 25.7 Å². The second-order valence-corrected chi connectivity index (χ2v) is 5.32. The molecule has 0 N–H and O–H groups in total. The number of ether oxygens (including phenoxy) is 1. The largest absolute Gasteiger partial charge is 0.385 e. The summed E-state index contributed by atoms with van der Waals surface area (Å²) < 4.78 is 5.04. The SMILES string of the molecule is COCCCc1cnc(Cl)c(N2CCC(C#N)CC2)n1. The number of hydrogen-bond donors (Lipinski definition) is 0. The molecule has 0 radical (unpaired) electrons. The number of rotatable bonds is 5. The first kappa shape index (κ1) is 15.0. The van der Waals surface area contributed by atoms with Crippen LogP contribution < -0.4 is 4.90 Å². The number of aromatic nitrogens is 2. The van der Waals surface area contributed by atoms with Gasteiger partial charge < -0.3 is 9.64 Å². The summed E-state index contributed by atoms with van der Waals surface area (Å²) in [6.07, 6.45) is 5.21. The number of aryl methyl sites for hydroxylation is 1. The van der Waals surface area contributed by atoms with Crippen molar-refractivity contribution in [3.63, 3.8) is 0 Å². The minimum atomic E-state index is 0.155. The van der Waals surface area contributed by atoms with Gasteiger partial charge >= 0.3 is 0 Å². The lowest BCUT2D eigenvalue weighted by Crippen LogP contribution is -2.34. The van der Waals surface area contributed by atoms with Gasteiger partial charge in [-0.2, -0.15) is 5.26 Å². The van der Waals surface area contributed by atoms with E-state index in [9.17, 15) is 0 Å². The van der Waals surface area contributed by atoms with Crippen molar-refractivity contribution in [2.45, 2.75) is 25.7 Å². The van der Waals surface area contributed by atoms with Crippen LogP contribution in [0.15, 0.2) is 6.20 Å². The fourth-order valence-corrected chi connectivity index (χ4v) is 2.55. The molecule has 0 amide bonds. The molecule has 1 aromatic heterocycles. The van der Waals surface area contributed by atoms with E-state index in [1.54, 1.807) is 13.3 Å². The molecule has 1 aliphatic heterocycles. The highest BCUT2D eigenvalue weighted by molar-refractivity contribution is 6.31. The molecule has 0 atom stereocenters. The first-order chi connectivity index (χ1) is 9.74. The zero-order chi connectivity index (χ0) is 14.4. The Balaban J connectivity index is 2.03. The van der Waals surface area contributed by atoms with E-state index in [0.717, 1.165) is 50.3 Å².